The molecule has 2 aromatic rings. The van der Waals surface area contributed by atoms with E-state index in [0.29, 0.717) is 22.4 Å². The van der Waals surface area contributed by atoms with Gasteiger partial charge in [0.05, 0.1) is 19.6 Å². The van der Waals surface area contributed by atoms with Gasteiger partial charge in [0.15, 0.2) is 11.5 Å². The Balaban J connectivity index is 2.74. The van der Waals surface area contributed by atoms with E-state index in [1.165, 1.54) is 14.2 Å². The zero-order valence-corrected chi connectivity index (χ0v) is 10.5. The summed E-state index contributed by atoms with van der Waals surface area (Å²) in [4.78, 5) is 21.2. The van der Waals surface area contributed by atoms with Gasteiger partial charge in [0.25, 0.3) is 11.5 Å². The fourth-order valence-electron chi connectivity index (χ4n) is 1.66. The molecule has 0 saturated carbocycles. The smallest absolute Gasteiger partial charge is 0.326 e. The van der Waals surface area contributed by atoms with Crippen molar-refractivity contribution in [3.8, 4) is 11.5 Å². The number of aromatic nitrogens is 2. The number of ether oxygens (including phenoxy) is 2. The molecule has 0 aliphatic heterocycles. The zero-order chi connectivity index (χ0) is 14.0. The van der Waals surface area contributed by atoms with Crippen molar-refractivity contribution >= 4 is 22.8 Å². The van der Waals surface area contributed by atoms with Gasteiger partial charge < -0.3 is 20.9 Å². The van der Waals surface area contributed by atoms with Gasteiger partial charge in [-0.1, -0.05) is 0 Å². The Morgan fingerprint density at radius 2 is 1.89 bits per heavy atom. The second kappa shape index (κ2) is 4.84. The standard InChI is InChI=1S/C11H13N5O3/c1-18-7-3-5-6(4-8(7)19-2)14-11(15-9(5)17)16-10(12)13/h3-4H,1-2H3,(H5,12,13,14,15,16,17)/p+1. The van der Waals surface area contributed by atoms with Gasteiger partial charge in [-0.25, -0.2) is 9.98 Å². The van der Waals surface area contributed by atoms with E-state index >= 15 is 0 Å². The van der Waals surface area contributed by atoms with Gasteiger partial charge in [-0.15, -0.1) is 4.98 Å². The number of aromatic amines is 1. The molecule has 0 fully saturated rings. The van der Waals surface area contributed by atoms with Gasteiger partial charge in [0.1, 0.15) is 5.52 Å². The van der Waals surface area contributed by atoms with Crippen molar-refractivity contribution in [2.24, 2.45) is 11.5 Å². The summed E-state index contributed by atoms with van der Waals surface area (Å²) in [6.45, 7) is 0. The van der Waals surface area contributed by atoms with Crippen LogP contribution in [0.1, 0.15) is 0 Å². The van der Waals surface area contributed by atoms with Crippen LogP contribution < -0.4 is 31.5 Å². The second-order valence-corrected chi connectivity index (χ2v) is 3.72. The third-order valence-electron chi connectivity index (χ3n) is 2.47. The topological polar surface area (TPSA) is 130 Å². The molecule has 2 rings (SSSR count). The number of nitrogens with zero attached hydrogens (tertiary/aromatic N) is 1. The maximum absolute atomic E-state index is 11.9. The van der Waals surface area contributed by atoms with Crippen molar-refractivity contribution in [2.45, 2.75) is 0 Å². The first kappa shape index (κ1) is 12.7. The van der Waals surface area contributed by atoms with Crippen LogP contribution in [-0.2, 0) is 0 Å². The lowest BCUT2D eigenvalue weighted by Gasteiger charge is -2.07. The maximum atomic E-state index is 11.9. The Kier molecular flexibility index (Phi) is 3.23. The summed E-state index contributed by atoms with van der Waals surface area (Å²) in [6.07, 6.45) is 0. The lowest BCUT2D eigenvalue weighted by molar-refractivity contribution is -0.366. The van der Waals surface area contributed by atoms with Gasteiger partial charge in [-0.05, 0) is 0 Å². The molecule has 1 heterocycles. The SMILES string of the molecule is COc1cc2nc([NH+]=C(N)N)[nH]c(=O)c2cc1OC. The molecule has 1 aromatic heterocycles. The number of nitrogens with one attached hydrogen (secondary N) is 2. The largest absolute Gasteiger partial charge is 0.493 e. The van der Waals surface area contributed by atoms with E-state index < -0.39 is 0 Å². The third-order valence-corrected chi connectivity index (χ3v) is 2.47. The van der Waals surface area contributed by atoms with Crippen LogP contribution in [0.15, 0.2) is 16.9 Å². The Bertz CT molecular complexity index is 703. The molecule has 0 atom stereocenters. The van der Waals surface area contributed by atoms with Crippen molar-refractivity contribution in [3.63, 3.8) is 0 Å². The Morgan fingerprint density at radius 1 is 1.26 bits per heavy atom. The molecule has 0 amide bonds. The molecule has 19 heavy (non-hydrogen) atoms. The van der Waals surface area contributed by atoms with E-state index in [1.807, 2.05) is 0 Å². The summed E-state index contributed by atoms with van der Waals surface area (Å²) in [5.41, 5.74) is 10.7. The molecule has 0 unspecified atom stereocenters. The molecule has 0 aliphatic rings. The number of rotatable bonds is 3. The number of guanidine groups is 1. The first-order valence-corrected chi connectivity index (χ1v) is 5.36. The van der Waals surface area contributed by atoms with Crippen molar-refractivity contribution in [3.05, 3.63) is 22.5 Å². The van der Waals surface area contributed by atoms with Crippen LogP contribution in [0.3, 0.4) is 0 Å². The molecule has 0 radical (unpaired) electrons. The molecule has 8 nitrogen and oxygen atoms in total. The third kappa shape index (κ3) is 2.41. The minimum absolute atomic E-state index is 0.0667. The van der Waals surface area contributed by atoms with E-state index in [9.17, 15) is 4.79 Å². The number of methoxy groups -OCH3 is 2. The zero-order valence-electron chi connectivity index (χ0n) is 10.5. The van der Waals surface area contributed by atoms with Crippen molar-refractivity contribution < 1.29 is 14.5 Å². The number of benzene rings is 1. The summed E-state index contributed by atoms with van der Waals surface area (Å²) in [5, 5.41) is 0.374. The molecule has 1 aromatic carbocycles. The Morgan fingerprint density at radius 3 is 2.47 bits per heavy atom. The lowest BCUT2D eigenvalue weighted by atomic mass is 10.2. The number of nitrogens with two attached hydrogens (primary N) is 2. The highest BCUT2D eigenvalue weighted by atomic mass is 16.5. The number of H-pyrrole nitrogens is 1. The molecule has 0 bridgehead atoms. The average Bonchev–Trinajstić information content (AvgIpc) is 2.36. The van der Waals surface area contributed by atoms with E-state index in [0.717, 1.165) is 0 Å². The van der Waals surface area contributed by atoms with Gasteiger partial charge in [-0.2, -0.15) is 0 Å². The highest BCUT2D eigenvalue weighted by Crippen LogP contribution is 2.29. The fourth-order valence-corrected chi connectivity index (χ4v) is 1.66. The van der Waals surface area contributed by atoms with Crippen LogP contribution >= 0.6 is 0 Å². The van der Waals surface area contributed by atoms with Crippen LogP contribution in [0.4, 0.5) is 5.95 Å². The summed E-state index contributed by atoms with van der Waals surface area (Å²) in [7, 11) is 2.99. The highest BCUT2D eigenvalue weighted by Gasteiger charge is 2.13. The van der Waals surface area contributed by atoms with Gasteiger partial charge >= 0.3 is 5.95 Å². The highest BCUT2D eigenvalue weighted by molar-refractivity contribution is 5.82. The molecular weight excluding hydrogens is 250 g/mol. The minimum Gasteiger partial charge on any atom is -0.493 e. The molecule has 0 saturated heterocycles. The average molecular weight is 264 g/mol. The monoisotopic (exact) mass is 264 g/mol. The number of hydrogen-bond donors (Lipinski definition) is 4. The first-order chi connectivity index (χ1) is 9.05. The molecule has 8 heteroatoms. The van der Waals surface area contributed by atoms with E-state index in [1.54, 1.807) is 12.1 Å². The first-order valence-electron chi connectivity index (χ1n) is 5.36. The van der Waals surface area contributed by atoms with Crippen LogP contribution in [-0.4, -0.2) is 30.1 Å². The van der Waals surface area contributed by atoms with Crippen LogP contribution in [0.5, 0.6) is 11.5 Å². The number of fused-ring (bicyclic) bond motifs is 1. The molecule has 100 valence electrons. The van der Waals surface area contributed by atoms with Gasteiger partial charge in [-0.3, -0.25) is 4.79 Å². The fraction of sp³-hybridized carbons (Fsp3) is 0.182. The second-order valence-electron chi connectivity index (χ2n) is 3.72. The van der Waals surface area contributed by atoms with Crippen LogP contribution in [0.25, 0.3) is 10.9 Å². The van der Waals surface area contributed by atoms with E-state index in [-0.39, 0.29) is 17.5 Å². The predicted molar refractivity (Wildman–Crippen MR) is 69.5 cm³/mol. The summed E-state index contributed by atoms with van der Waals surface area (Å²) < 4.78 is 10.3. The van der Waals surface area contributed by atoms with E-state index in [2.05, 4.69) is 15.0 Å². The molecule has 0 spiro atoms. The summed E-state index contributed by atoms with van der Waals surface area (Å²) in [6, 6.07) is 3.15. The Hall–Kier alpha value is -2.77. The molecule has 6 N–H and O–H groups in total. The maximum Gasteiger partial charge on any atom is 0.326 e. The summed E-state index contributed by atoms with van der Waals surface area (Å²) >= 11 is 0. The molecular formula is C11H14N5O3+. The van der Waals surface area contributed by atoms with Gasteiger partial charge in [0.2, 0.25) is 0 Å². The summed E-state index contributed by atoms with van der Waals surface area (Å²) in [5.74, 6) is 1.02. The van der Waals surface area contributed by atoms with Crippen LogP contribution in [0.2, 0.25) is 0 Å². The quantitative estimate of drug-likeness (QED) is 0.372. The van der Waals surface area contributed by atoms with Gasteiger partial charge in [0, 0.05) is 12.1 Å². The Labute approximate surface area is 108 Å². The van der Waals surface area contributed by atoms with E-state index in [4.69, 9.17) is 20.9 Å². The predicted octanol–water partition coefficient (Wildman–Crippen LogP) is -2.07. The lowest BCUT2D eigenvalue weighted by Crippen LogP contribution is -2.73. The van der Waals surface area contributed by atoms with Crippen molar-refractivity contribution in [1.29, 1.82) is 0 Å². The molecule has 0 aliphatic carbocycles. The number of hydrogen-bond acceptors (Lipinski definition) is 4. The van der Waals surface area contributed by atoms with Crippen molar-refractivity contribution in [2.75, 3.05) is 14.2 Å². The normalized spacial score (nSPS) is 10.2. The minimum atomic E-state index is -0.338. The van der Waals surface area contributed by atoms with Crippen molar-refractivity contribution in [1.82, 2.24) is 9.97 Å². The van der Waals surface area contributed by atoms with Crippen LogP contribution in [0, 0.1) is 0 Å².